The fourth-order valence-electron chi connectivity index (χ4n) is 2.90. The topological polar surface area (TPSA) is 80.9 Å². The van der Waals surface area contributed by atoms with Crippen LogP contribution in [0.15, 0.2) is 65.1 Å². The number of nitrogens with one attached hydrogen (secondary N) is 1. The number of carbonyl (C=O) groups excluding carboxylic acids is 1. The summed E-state index contributed by atoms with van der Waals surface area (Å²) in [7, 11) is 1.60. The van der Waals surface area contributed by atoms with Crippen molar-refractivity contribution < 1.29 is 23.8 Å². The van der Waals surface area contributed by atoms with E-state index < -0.39 is 6.10 Å². The number of aliphatic hydroxyl groups is 1. The molecule has 2 N–H and O–H groups in total. The molecule has 2 aromatic carbocycles. The number of methoxy groups -OCH3 is 1. The number of furan rings is 1. The summed E-state index contributed by atoms with van der Waals surface area (Å²) in [4.78, 5) is 12.3. The van der Waals surface area contributed by atoms with Gasteiger partial charge in [-0.05, 0) is 53.4 Å². The first-order chi connectivity index (χ1) is 14.5. The van der Waals surface area contributed by atoms with Crippen LogP contribution < -0.4 is 14.8 Å². The van der Waals surface area contributed by atoms with Crippen LogP contribution in [0.1, 0.15) is 53.3 Å². The van der Waals surface area contributed by atoms with Gasteiger partial charge in [-0.1, -0.05) is 38.1 Å². The summed E-state index contributed by atoms with van der Waals surface area (Å²) in [5, 5.41) is 13.0. The molecule has 1 atom stereocenters. The number of benzene rings is 2. The highest BCUT2D eigenvalue weighted by atomic mass is 16.5. The van der Waals surface area contributed by atoms with Gasteiger partial charge in [-0.15, -0.1) is 0 Å². The fourth-order valence-corrected chi connectivity index (χ4v) is 2.90. The minimum absolute atomic E-state index is 0.0955. The maximum atomic E-state index is 12.3. The maximum absolute atomic E-state index is 12.3. The van der Waals surface area contributed by atoms with E-state index in [1.54, 1.807) is 43.5 Å². The average Bonchev–Trinajstić information content (AvgIpc) is 3.25. The van der Waals surface area contributed by atoms with Crippen LogP contribution in [0.4, 0.5) is 0 Å². The Labute approximate surface area is 176 Å². The Hall–Kier alpha value is -3.25. The van der Waals surface area contributed by atoms with Gasteiger partial charge in [-0.25, -0.2) is 0 Å². The van der Waals surface area contributed by atoms with Crippen molar-refractivity contribution in [3.63, 3.8) is 0 Å². The lowest BCUT2D eigenvalue weighted by atomic mass is 10.00. The fraction of sp³-hybridized carbons (Fsp3) is 0.292. The molecule has 6 nitrogen and oxygen atoms in total. The minimum Gasteiger partial charge on any atom is -0.497 e. The van der Waals surface area contributed by atoms with E-state index in [0.29, 0.717) is 17.4 Å². The third-order valence-corrected chi connectivity index (χ3v) is 4.77. The summed E-state index contributed by atoms with van der Waals surface area (Å²) < 4.78 is 16.3. The molecule has 0 aliphatic carbocycles. The summed E-state index contributed by atoms with van der Waals surface area (Å²) in [6.45, 7) is 4.53. The molecule has 1 heterocycles. The maximum Gasteiger partial charge on any atom is 0.287 e. The van der Waals surface area contributed by atoms with Crippen LogP contribution in [0, 0.1) is 0 Å². The second kappa shape index (κ2) is 9.98. The predicted molar refractivity (Wildman–Crippen MR) is 114 cm³/mol. The highest BCUT2D eigenvalue weighted by Gasteiger charge is 2.14. The number of hydrogen-bond donors (Lipinski definition) is 2. The van der Waals surface area contributed by atoms with Crippen molar-refractivity contribution in [3.05, 3.63) is 83.3 Å². The summed E-state index contributed by atoms with van der Waals surface area (Å²) >= 11 is 0. The van der Waals surface area contributed by atoms with Crippen LogP contribution >= 0.6 is 0 Å². The Kier molecular flexibility index (Phi) is 7.14. The molecule has 3 aromatic rings. The molecule has 0 bridgehead atoms. The molecular formula is C24H27NO5. The first-order valence-electron chi connectivity index (χ1n) is 9.88. The van der Waals surface area contributed by atoms with E-state index in [-0.39, 0.29) is 24.8 Å². The average molecular weight is 409 g/mol. The monoisotopic (exact) mass is 409 g/mol. The SMILES string of the molecule is COc1ccc(OCc2ccc(C(=O)NCC(O)c3ccc(C(C)C)cc3)o2)cc1. The zero-order chi connectivity index (χ0) is 21.5. The number of ether oxygens (including phenoxy) is 2. The molecule has 1 aromatic heterocycles. The molecule has 158 valence electrons. The van der Waals surface area contributed by atoms with Gasteiger partial charge in [0.25, 0.3) is 5.91 Å². The Morgan fingerprint density at radius 1 is 0.967 bits per heavy atom. The zero-order valence-corrected chi connectivity index (χ0v) is 17.4. The van der Waals surface area contributed by atoms with E-state index in [4.69, 9.17) is 13.9 Å². The number of amides is 1. The summed E-state index contributed by atoms with van der Waals surface area (Å²) in [5.41, 5.74) is 1.96. The van der Waals surface area contributed by atoms with Crippen LogP contribution in [-0.4, -0.2) is 24.7 Å². The summed E-state index contributed by atoms with van der Waals surface area (Å²) in [6, 6.07) is 18.2. The first-order valence-corrected chi connectivity index (χ1v) is 9.88. The number of rotatable bonds is 9. The van der Waals surface area contributed by atoms with Gasteiger partial charge in [0, 0.05) is 6.54 Å². The van der Waals surface area contributed by atoms with Crippen LogP contribution in [-0.2, 0) is 6.61 Å². The molecule has 0 saturated heterocycles. The third kappa shape index (κ3) is 5.64. The number of hydrogen-bond acceptors (Lipinski definition) is 5. The predicted octanol–water partition coefficient (Wildman–Crippen LogP) is 4.45. The van der Waals surface area contributed by atoms with Gasteiger partial charge in [0.05, 0.1) is 13.2 Å². The summed E-state index contributed by atoms with van der Waals surface area (Å²) in [6.07, 6.45) is -0.789. The van der Waals surface area contributed by atoms with Gasteiger partial charge in [0.15, 0.2) is 5.76 Å². The molecule has 0 spiro atoms. The van der Waals surface area contributed by atoms with Crippen molar-refractivity contribution >= 4 is 5.91 Å². The molecule has 6 heteroatoms. The Bertz CT molecular complexity index is 944. The Balaban J connectivity index is 1.49. The van der Waals surface area contributed by atoms with Crippen molar-refractivity contribution in [2.45, 2.75) is 32.5 Å². The van der Waals surface area contributed by atoms with Gasteiger partial charge >= 0.3 is 0 Å². The van der Waals surface area contributed by atoms with E-state index in [9.17, 15) is 9.90 Å². The quantitative estimate of drug-likeness (QED) is 0.546. The molecule has 0 aliphatic heterocycles. The molecule has 0 fully saturated rings. The van der Waals surface area contributed by atoms with Crippen LogP contribution in [0.25, 0.3) is 0 Å². The molecule has 1 amide bonds. The van der Waals surface area contributed by atoms with Gasteiger partial charge in [0.1, 0.15) is 23.9 Å². The van der Waals surface area contributed by atoms with Crippen molar-refractivity contribution in [3.8, 4) is 11.5 Å². The smallest absolute Gasteiger partial charge is 0.287 e. The molecule has 0 aliphatic rings. The second-order valence-electron chi connectivity index (χ2n) is 7.28. The van der Waals surface area contributed by atoms with Crippen molar-refractivity contribution in [2.24, 2.45) is 0 Å². The van der Waals surface area contributed by atoms with E-state index >= 15 is 0 Å². The lowest BCUT2D eigenvalue weighted by Crippen LogP contribution is -2.28. The van der Waals surface area contributed by atoms with E-state index in [1.165, 1.54) is 5.56 Å². The highest BCUT2D eigenvalue weighted by molar-refractivity contribution is 5.91. The largest absolute Gasteiger partial charge is 0.497 e. The van der Waals surface area contributed by atoms with Gasteiger partial charge in [-0.3, -0.25) is 4.79 Å². The highest BCUT2D eigenvalue weighted by Crippen LogP contribution is 2.20. The number of aliphatic hydroxyl groups excluding tert-OH is 1. The van der Waals surface area contributed by atoms with Crippen LogP contribution in [0.5, 0.6) is 11.5 Å². The molecule has 30 heavy (non-hydrogen) atoms. The van der Waals surface area contributed by atoms with E-state index in [0.717, 1.165) is 11.3 Å². The molecule has 3 rings (SSSR count). The lowest BCUT2D eigenvalue weighted by Gasteiger charge is -2.13. The zero-order valence-electron chi connectivity index (χ0n) is 17.4. The third-order valence-electron chi connectivity index (χ3n) is 4.77. The lowest BCUT2D eigenvalue weighted by molar-refractivity contribution is 0.0885. The van der Waals surface area contributed by atoms with Crippen molar-refractivity contribution in [1.82, 2.24) is 5.32 Å². The van der Waals surface area contributed by atoms with Gasteiger partial charge < -0.3 is 24.3 Å². The van der Waals surface area contributed by atoms with Gasteiger partial charge in [0.2, 0.25) is 0 Å². The van der Waals surface area contributed by atoms with E-state index in [1.807, 2.05) is 24.3 Å². The molecular weight excluding hydrogens is 382 g/mol. The summed E-state index contributed by atoms with van der Waals surface area (Å²) in [5.74, 6) is 2.16. The Morgan fingerprint density at radius 2 is 1.60 bits per heavy atom. The number of carbonyl (C=O) groups is 1. The van der Waals surface area contributed by atoms with Crippen LogP contribution in [0.3, 0.4) is 0 Å². The molecule has 0 saturated carbocycles. The van der Waals surface area contributed by atoms with Crippen molar-refractivity contribution in [1.29, 1.82) is 0 Å². The minimum atomic E-state index is -0.789. The second-order valence-corrected chi connectivity index (χ2v) is 7.28. The normalized spacial score (nSPS) is 11.9. The van der Waals surface area contributed by atoms with Crippen LogP contribution in [0.2, 0.25) is 0 Å². The first kappa shape index (κ1) is 21.5. The molecule has 0 radical (unpaired) electrons. The van der Waals surface area contributed by atoms with Crippen molar-refractivity contribution in [2.75, 3.05) is 13.7 Å². The Morgan fingerprint density at radius 3 is 2.23 bits per heavy atom. The van der Waals surface area contributed by atoms with Gasteiger partial charge in [-0.2, -0.15) is 0 Å². The van der Waals surface area contributed by atoms with E-state index in [2.05, 4.69) is 19.2 Å². The molecule has 1 unspecified atom stereocenters. The standard InChI is InChI=1S/C24H27NO5/c1-16(2)17-4-6-18(7-5-17)22(26)14-25-24(27)23-13-12-21(30-23)15-29-20-10-8-19(28-3)9-11-20/h4-13,16,22,26H,14-15H2,1-3H3,(H,25,27).